The van der Waals surface area contributed by atoms with Crippen molar-refractivity contribution in [1.82, 2.24) is 4.98 Å². The lowest BCUT2D eigenvalue weighted by atomic mass is 10.0. The van der Waals surface area contributed by atoms with Crippen molar-refractivity contribution in [2.45, 2.75) is 46.4 Å². The number of aryl methyl sites for hydroxylation is 4. The topological polar surface area (TPSA) is 59.1 Å². The van der Waals surface area contributed by atoms with Gasteiger partial charge in [0, 0.05) is 5.69 Å². The van der Waals surface area contributed by atoms with Gasteiger partial charge in [0.25, 0.3) is 10.0 Å². The highest BCUT2D eigenvalue weighted by atomic mass is 32.2. The highest BCUT2D eigenvalue weighted by Gasteiger charge is 2.22. The number of hydrogen-bond donors (Lipinski definition) is 1. The highest BCUT2D eigenvalue weighted by molar-refractivity contribution is 7.92. The maximum absolute atomic E-state index is 12.8. The Kier molecular flexibility index (Phi) is 4.29. The lowest BCUT2D eigenvalue weighted by Gasteiger charge is -2.16. The van der Waals surface area contributed by atoms with E-state index in [2.05, 4.69) is 9.71 Å². The summed E-state index contributed by atoms with van der Waals surface area (Å²) in [5.41, 5.74) is 5.25. The van der Waals surface area contributed by atoms with E-state index >= 15 is 0 Å². The molecule has 0 bridgehead atoms. The molecule has 4 nitrogen and oxygen atoms in total. The number of nitrogens with zero attached hydrogens (tertiary/aromatic N) is 1. The van der Waals surface area contributed by atoms with Gasteiger partial charge < -0.3 is 0 Å². The zero-order chi connectivity index (χ0) is 16.7. The Morgan fingerprint density at radius 1 is 0.864 bits per heavy atom. The summed E-state index contributed by atoms with van der Waals surface area (Å²) in [6.45, 7) is 11.3. The average Bonchev–Trinajstić information content (AvgIpc) is 2.34. The first-order chi connectivity index (χ1) is 10.1. The van der Waals surface area contributed by atoms with Crippen LogP contribution in [0.1, 0.15) is 33.5 Å². The number of rotatable bonds is 3. The van der Waals surface area contributed by atoms with Gasteiger partial charge in [0.05, 0.1) is 4.90 Å². The van der Waals surface area contributed by atoms with Crippen molar-refractivity contribution < 1.29 is 8.42 Å². The molecule has 2 rings (SSSR count). The number of benzene rings is 1. The summed E-state index contributed by atoms with van der Waals surface area (Å²) >= 11 is 0. The van der Waals surface area contributed by atoms with Crippen LogP contribution in [-0.2, 0) is 10.0 Å². The predicted octanol–water partition coefficient (Wildman–Crippen LogP) is 3.73. The van der Waals surface area contributed by atoms with Crippen molar-refractivity contribution in [3.63, 3.8) is 0 Å². The maximum Gasteiger partial charge on any atom is 0.263 e. The van der Waals surface area contributed by atoms with Gasteiger partial charge in [-0.25, -0.2) is 13.4 Å². The molecule has 0 unspecified atom stereocenters. The molecule has 1 heterocycles. The van der Waals surface area contributed by atoms with Gasteiger partial charge in [0.15, 0.2) is 0 Å². The molecular weight excluding hydrogens is 296 g/mol. The SMILES string of the molecule is Cc1cc(C)nc(NS(=O)(=O)c2c(C)c(C)cc(C)c2C)c1. The number of hydrogen-bond acceptors (Lipinski definition) is 3. The van der Waals surface area contributed by atoms with E-state index in [1.807, 2.05) is 53.7 Å². The highest BCUT2D eigenvalue weighted by Crippen LogP contribution is 2.27. The Hall–Kier alpha value is -1.88. The van der Waals surface area contributed by atoms with Crippen LogP contribution in [0.5, 0.6) is 0 Å². The molecule has 0 aliphatic rings. The number of anilines is 1. The molecule has 0 aliphatic carbocycles. The van der Waals surface area contributed by atoms with Crippen molar-refractivity contribution in [2.24, 2.45) is 0 Å². The quantitative estimate of drug-likeness (QED) is 0.938. The molecular formula is C17H22N2O2S. The molecule has 0 fully saturated rings. The zero-order valence-corrected chi connectivity index (χ0v) is 14.7. The summed E-state index contributed by atoms with van der Waals surface area (Å²) in [5.74, 6) is 0.357. The zero-order valence-electron chi connectivity index (χ0n) is 13.9. The number of pyridine rings is 1. The predicted molar refractivity (Wildman–Crippen MR) is 89.9 cm³/mol. The molecule has 0 saturated heterocycles. The Bertz CT molecular complexity index is 794. The molecule has 0 radical (unpaired) electrons. The van der Waals surface area contributed by atoms with Gasteiger partial charge in [-0.15, -0.1) is 0 Å². The third-order valence-corrected chi connectivity index (χ3v) is 5.53. The van der Waals surface area contributed by atoms with E-state index in [1.165, 1.54) is 0 Å². The van der Waals surface area contributed by atoms with E-state index in [0.29, 0.717) is 10.7 Å². The average molecular weight is 318 g/mol. The van der Waals surface area contributed by atoms with Crippen LogP contribution in [0.15, 0.2) is 23.1 Å². The van der Waals surface area contributed by atoms with Gasteiger partial charge in [-0.2, -0.15) is 0 Å². The molecule has 0 amide bonds. The third-order valence-electron chi connectivity index (χ3n) is 3.90. The van der Waals surface area contributed by atoms with E-state index < -0.39 is 10.0 Å². The van der Waals surface area contributed by atoms with Crippen LogP contribution < -0.4 is 4.72 Å². The second kappa shape index (κ2) is 5.72. The summed E-state index contributed by atoms with van der Waals surface area (Å²) in [4.78, 5) is 4.61. The Balaban J connectivity index is 2.56. The lowest BCUT2D eigenvalue weighted by Crippen LogP contribution is -2.18. The lowest BCUT2D eigenvalue weighted by molar-refractivity contribution is 0.599. The summed E-state index contributed by atoms with van der Waals surface area (Å²) in [6, 6.07) is 5.65. The molecule has 0 spiro atoms. The van der Waals surface area contributed by atoms with Crippen molar-refractivity contribution in [1.29, 1.82) is 0 Å². The third kappa shape index (κ3) is 3.14. The molecule has 118 valence electrons. The maximum atomic E-state index is 12.8. The molecule has 1 N–H and O–H groups in total. The summed E-state index contributed by atoms with van der Waals surface area (Å²) < 4.78 is 28.3. The number of aromatic nitrogens is 1. The summed E-state index contributed by atoms with van der Waals surface area (Å²) in [5, 5.41) is 0. The van der Waals surface area contributed by atoms with E-state index in [9.17, 15) is 8.42 Å². The largest absolute Gasteiger partial charge is 0.263 e. The van der Waals surface area contributed by atoms with Gasteiger partial charge in [-0.3, -0.25) is 4.72 Å². The van der Waals surface area contributed by atoms with E-state index in [1.54, 1.807) is 6.07 Å². The Morgan fingerprint density at radius 2 is 1.41 bits per heavy atom. The van der Waals surface area contributed by atoms with Crippen LogP contribution in [0, 0.1) is 41.5 Å². The minimum absolute atomic E-state index is 0.353. The Morgan fingerprint density at radius 3 is 1.91 bits per heavy atom. The van der Waals surface area contributed by atoms with Crippen molar-refractivity contribution in [3.8, 4) is 0 Å². The molecule has 0 atom stereocenters. The van der Waals surface area contributed by atoms with Crippen LogP contribution in [0.3, 0.4) is 0 Å². The number of sulfonamides is 1. The molecule has 5 heteroatoms. The van der Waals surface area contributed by atoms with Crippen LogP contribution >= 0.6 is 0 Å². The molecule has 22 heavy (non-hydrogen) atoms. The van der Waals surface area contributed by atoms with E-state index in [0.717, 1.165) is 33.5 Å². The molecule has 0 saturated carbocycles. The smallest absolute Gasteiger partial charge is 0.263 e. The van der Waals surface area contributed by atoms with Crippen molar-refractivity contribution in [2.75, 3.05) is 4.72 Å². The normalized spacial score (nSPS) is 11.5. The summed E-state index contributed by atoms with van der Waals surface area (Å²) in [6.07, 6.45) is 0. The van der Waals surface area contributed by atoms with Gasteiger partial charge in [0.2, 0.25) is 0 Å². The fraction of sp³-hybridized carbons (Fsp3) is 0.353. The standard InChI is InChI=1S/C17H22N2O2S/c1-10-7-13(4)18-16(8-10)19-22(20,21)17-14(5)11(2)9-12(3)15(17)6/h7-9H,1-6H3,(H,18,19). The van der Waals surface area contributed by atoms with Crippen LogP contribution in [0.2, 0.25) is 0 Å². The second-order valence-electron chi connectivity index (χ2n) is 5.87. The van der Waals surface area contributed by atoms with Crippen LogP contribution in [-0.4, -0.2) is 13.4 Å². The first-order valence-electron chi connectivity index (χ1n) is 7.17. The minimum Gasteiger partial charge on any atom is -0.263 e. The monoisotopic (exact) mass is 318 g/mol. The Labute approximate surface area is 132 Å². The summed E-state index contributed by atoms with van der Waals surface area (Å²) in [7, 11) is -3.67. The molecule has 1 aromatic carbocycles. The molecule has 2 aromatic rings. The fourth-order valence-corrected chi connectivity index (χ4v) is 4.28. The molecule has 1 aromatic heterocycles. The second-order valence-corrected chi connectivity index (χ2v) is 7.49. The fourth-order valence-electron chi connectivity index (χ4n) is 2.67. The van der Waals surface area contributed by atoms with Gasteiger partial charge in [-0.05, 0) is 81.5 Å². The first-order valence-corrected chi connectivity index (χ1v) is 8.65. The first kappa shape index (κ1) is 16.5. The van der Waals surface area contributed by atoms with Crippen molar-refractivity contribution in [3.05, 3.63) is 51.7 Å². The van der Waals surface area contributed by atoms with E-state index in [-0.39, 0.29) is 0 Å². The van der Waals surface area contributed by atoms with E-state index in [4.69, 9.17) is 0 Å². The van der Waals surface area contributed by atoms with Gasteiger partial charge >= 0.3 is 0 Å². The van der Waals surface area contributed by atoms with Gasteiger partial charge in [-0.1, -0.05) is 6.07 Å². The molecule has 0 aliphatic heterocycles. The van der Waals surface area contributed by atoms with Crippen molar-refractivity contribution >= 4 is 15.8 Å². The van der Waals surface area contributed by atoms with Crippen LogP contribution in [0.4, 0.5) is 5.82 Å². The van der Waals surface area contributed by atoms with Gasteiger partial charge in [0.1, 0.15) is 5.82 Å². The number of nitrogens with one attached hydrogen (secondary N) is 1. The van der Waals surface area contributed by atoms with Crippen LogP contribution in [0.25, 0.3) is 0 Å². The minimum atomic E-state index is -3.67.